The van der Waals surface area contributed by atoms with Gasteiger partial charge in [-0.3, -0.25) is 25.7 Å². The minimum Gasteiger partial charge on any atom is -0.497 e. The summed E-state index contributed by atoms with van der Waals surface area (Å²) < 4.78 is 5.44. The highest BCUT2D eigenvalue weighted by Gasteiger charge is 2.25. The molecule has 0 aliphatic heterocycles. The van der Waals surface area contributed by atoms with Crippen LogP contribution in [-0.2, 0) is 11.3 Å². The van der Waals surface area contributed by atoms with Crippen LogP contribution in [0.5, 0.6) is 5.75 Å². The number of ether oxygens (including phenoxy) is 1. The summed E-state index contributed by atoms with van der Waals surface area (Å²) in [5, 5.41) is 25.9. The first kappa shape index (κ1) is 26.9. The number of hydroxylamine groups is 1. The second-order valence-electron chi connectivity index (χ2n) is 8.62. The van der Waals surface area contributed by atoms with Crippen molar-refractivity contribution in [1.82, 2.24) is 10.8 Å². The molecule has 0 aliphatic carbocycles. The number of anilines is 2. The van der Waals surface area contributed by atoms with Gasteiger partial charge >= 0.3 is 0 Å². The summed E-state index contributed by atoms with van der Waals surface area (Å²) in [7, 11) is 1.53. The number of carbonyl (C=O) groups excluding carboxylic acids is 2. The summed E-state index contributed by atoms with van der Waals surface area (Å²) in [6.45, 7) is 0.311. The molecule has 0 heterocycles. The summed E-state index contributed by atoms with van der Waals surface area (Å²) in [6, 6.07) is 29.2. The lowest BCUT2D eigenvalue weighted by molar-refractivity contribution is -0.122. The molecule has 1 atom stereocenters. The number of hydrogen-bond donors (Lipinski definition) is 6. The first-order valence-corrected chi connectivity index (χ1v) is 12.2. The van der Waals surface area contributed by atoms with E-state index in [1.54, 1.807) is 66.7 Å². The van der Waals surface area contributed by atoms with E-state index in [1.807, 2.05) is 41.9 Å². The minimum atomic E-state index is -0.920. The number of amides is 2. The van der Waals surface area contributed by atoms with Crippen molar-refractivity contribution in [3.8, 4) is 5.75 Å². The van der Waals surface area contributed by atoms with Crippen LogP contribution in [0, 0.1) is 5.41 Å². The van der Waals surface area contributed by atoms with Gasteiger partial charge in [0.15, 0.2) is 0 Å². The summed E-state index contributed by atoms with van der Waals surface area (Å²) >= 11 is 0. The lowest BCUT2D eigenvalue weighted by Gasteiger charge is -2.23. The van der Waals surface area contributed by atoms with Gasteiger partial charge in [0.2, 0.25) is 5.91 Å². The zero-order valence-corrected chi connectivity index (χ0v) is 21.3. The second kappa shape index (κ2) is 12.9. The zero-order chi connectivity index (χ0) is 27.6. The summed E-state index contributed by atoms with van der Waals surface area (Å²) in [5.41, 5.74) is 5.23. The Labute approximate surface area is 226 Å². The predicted molar refractivity (Wildman–Crippen MR) is 150 cm³/mol. The molecule has 4 aromatic rings. The maximum atomic E-state index is 13.6. The van der Waals surface area contributed by atoms with Gasteiger partial charge in [-0.05, 0) is 60.2 Å². The van der Waals surface area contributed by atoms with E-state index in [4.69, 9.17) is 15.4 Å². The third kappa shape index (κ3) is 7.00. The van der Waals surface area contributed by atoms with Crippen LogP contribution < -0.4 is 26.2 Å². The third-order valence-electron chi connectivity index (χ3n) is 6.02. The number of rotatable bonds is 10. The fraction of sp³-hybridized carbons (Fsp3) is 0.100. The average molecular weight is 524 g/mol. The molecular formula is C30H29N5O4. The van der Waals surface area contributed by atoms with Gasteiger partial charge in [-0.15, -0.1) is 0 Å². The van der Waals surface area contributed by atoms with Gasteiger partial charge in [0.1, 0.15) is 17.6 Å². The fourth-order valence-corrected chi connectivity index (χ4v) is 3.94. The van der Waals surface area contributed by atoms with Crippen molar-refractivity contribution in [2.24, 2.45) is 0 Å². The highest BCUT2D eigenvalue weighted by atomic mass is 16.5. The number of methoxy groups -OCH3 is 1. The van der Waals surface area contributed by atoms with Crippen molar-refractivity contribution in [3.05, 3.63) is 125 Å². The molecule has 0 spiro atoms. The predicted octanol–water partition coefficient (Wildman–Crippen LogP) is 4.72. The molecule has 0 saturated carbocycles. The van der Waals surface area contributed by atoms with Gasteiger partial charge in [0, 0.05) is 34.6 Å². The van der Waals surface area contributed by atoms with Crippen molar-refractivity contribution < 1.29 is 19.5 Å². The smallest absolute Gasteiger partial charge is 0.255 e. The molecule has 2 amide bonds. The van der Waals surface area contributed by atoms with E-state index < -0.39 is 6.04 Å². The SMILES string of the molecule is COc1ccc(NC(=O)c2ccccc2)c(C(Nc2ccc(C(=N)NO)cc2)C(=O)NCc2ccccc2)c1. The Balaban J connectivity index is 1.68. The zero-order valence-electron chi connectivity index (χ0n) is 21.3. The second-order valence-corrected chi connectivity index (χ2v) is 8.62. The molecule has 0 fully saturated rings. The van der Waals surface area contributed by atoms with Gasteiger partial charge in [-0.2, -0.15) is 0 Å². The molecule has 0 aromatic heterocycles. The van der Waals surface area contributed by atoms with Crippen molar-refractivity contribution >= 4 is 29.0 Å². The number of benzene rings is 4. The third-order valence-corrected chi connectivity index (χ3v) is 6.02. The maximum absolute atomic E-state index is 13.6. The Morgan fingerprint density at radius 2 is 1.54 bits per heavy atom. The van der Waals surface area contributed by atoms with Gasteiger partial charge in [-0.25, -0.2) is 0 Å². The Morgan fingerprint density at radius 1 is 0.872 bits per heavy atom. The van der Waals surface area contributed by atoms with Crippen LogP contribution in [-0.4, -0.2) is 30.0 Å². The van der Waals surface area contributed by atoms with Crippen LogP contribution >= 0.6 is 0 Å². The van der Waals surface area contributed by atoms with E-state index in [-0.39, 0.29) is 17.6 Å². The van der Waals surface area contributed by atoms with Crippen molar-refractivity contribution in [3.63, 3.8) is 0 Å². The van der Waals surface area contributed by atoms with E-state index >= 15 is 0 Å². The van der Waals surface area contributed by atoms with Crippen LogP contribution in [0.4, 0.5) is 11.4 Å². The molecule has 1 unspecified atom stereocenters. The van der Waals surface area contributed by atoms with Crippen molar-refractivity contribution in [1.29, 1.82) is 5.41 Å². The van der Waals surface area contributed by atoms with E-state index in [1.165, 1.54) is 7.11 Å². The first-order chi connectivity index (χ1) is 19.0. The molecule has 9 heteroatoms. The topological polar surface area (TPSA) is 136 Å². The molecule has 9 nitrogen and oxygen atoms in total. The van der Waals surface area contributed by atoms with Crippen LogP contribution in [0.3, 0.4) is 0 Å². The maximum Gasteiger partial charge on any atom is 0.255 e. The molecule has 6 N–H and O–H groups in total. The molecule has 4 aromatic carbocycles. The van der Waals surface area contributed by atoms with E-state index in [0.717, 1.165) is 5.56 Å². The standard InChI is InChI=1S/C30H29N5O4/c1-39-24-16-17-26(34-29(36)22-10-6-3-7-11-22)25(18-24)27(30(37)32-19-20-8-4-2-5-9-20)33-23-14-12-21(13-15-23)28(31)35-38/h2-18,27,33,38H,19H2,1H3,(H2,31,35)(H,32,37)(H,34,36). The summed E-state index contributed by atoms with van der Waals surface area (Å²) in [5.74, 6) is -0.276. The first-order valence-electron chi connectivity index (χ1n) is 12.2. The molecule has 0 saturated heterocycles. The molecule has 0 bridgehead atoms. The van der Waals surface area contributed by atoms with Crippen molar-refractivity contribution in [2.75, 3.05) is 17.7 Å². The fourth-order valence-electron chi connectivity index (χ4n) is 3.94. The van der Waals surface area contributed by atoms with E-state index in [0.29, 0.717) is 40.4 Å². The normalized spacial score (nSPS) is 11.1. The quantitative estimate of drug-likeness (QED) is 0.101. The lowest BCUT2D eigenvalue weighted by atomic mass is 10.0. The highest BCUT2D eigenvalue weighted by Crippen LogP contribution is 2.31. The Morgan fingerprint density at radius 3 is 2.18 bits per heavy atom. The highest BCUT2D eigenvalue weighted by molar-refractivity contribution is 6.05. The van der Waals surface area contributed by atoms with Gasteiger partial charge in [-0.1, -0.05) is 48.5 Å². The van der Waals surface area contributed by atoms with Crippen LogP contribution in [0.15, 0.2) is 103 Å². The summed E-state index contributed by atoms with van der Waals surface area (Å²) in [4.78, 5) is 26.6. The van der Waals surface area contributed by atoms with Crippen LogP contribution in [0.25, 0.3) is 0 Å². The van der Waals surface area contributed by atoms with Gasteiger partial charge in [0.25, 0.3) is 5.91 Å². The molecule has 198 valence electrons. The molecule has 0 aliphatic rings. The molecule has 4 rings (SSSR count). The lowest BCUT2D eigenvalue weighted by Crippen LogP contribution is -2.34. The number of amidine groups is 1. The Bertz CT molecular complexity index is 1430. The van der Waals surface area contributed by atoms with Crippen LogP contribution in [0.2, 0.25) is 0 Å². The molecule has 39 heavy (non-hydrogen) atoms. The van der Waals surface area contributed by atoms with E-state index in [2.05, 4.69) is 16.0 Å². The Kier molecular flexibility index (Phi) is 8.89. The number of hydrogen-bond acceptors (Lipinski definition) is 6. The van der Waals surface area contributed by atoms with Crippen molar-refractivity contribution in [2.45, 2.75) is 12.6 Å². The van der Waals surface area contributed by atoms with Gasteiger partial charge in [0.05, 0.1) is 7.11 Å². The molecular weight excluding hydrogens is 494 g/mol. The number of nitrogens with one attached hydrogen (secondary N) is 5. The van der Waals surface area contributed by atoms with Gasteiger partial charge < -0.3 is 20.7 Å². The van der Waals surface area contributed by atoms with Crippen LogP contribution in [0.1, 0.15) is 33.1 Å². The minimum absolute atomic E-state index is 0.155. The Hall–Kier alpha value is -5.15. The number of carbonyl (C=O) groups is 2. The molecule has 0 radical (unpaired) electrons. The average Bonchev–Trinajstić information content (AvgIpc) is 2.99. The monoisotopic (exact) mass is 523 g/mol. The largest absolute Gasteiger partial charge is 0.497 e. The summed E-state index contributed by atoms with van der Waals surface area (Å²) in [6.07, 6.45) is 0. The van der Waals surface area contributed by atoms with E-state index in [9.17, 15) is 9.59 Å².